The standard InChI is InChI=1S/C20H25N3O3S/c1-22(2)18-10-8-17(9-11-18)21-20(24)16-6-12-19(13-7-16)27(25,26)23-14-4-3-5-15-23/h6-13H,3-5,14-15H2,1-2H3,(H,21,24). The fourth-order valence-corrected chi connectivity index (χ4v) is 4.60. The van der Waals surface area contributed by atoms with Crippen molar-refractivity contribution in [1.29, 1.82) is 0 Å². The average Bonchev–Trinajstić information content (AvgIpc) is 2.69. The van der Waals surface area contributed by atoms with E-state index in [1.54, 1.807) is 12.1 Å². The highest BCUT2D eigenvalue weighted by atomic mass is 32.2. The molecule has 1 aliphatic heterocycles. The molecule has 0 bridgehead atoms. The fourth-order valence-electron chi connectivity index (χ4n) is 3.08. The molecule has 144 valence electrons. The van der Waals surface area contributed by atoms with Gasteiger partial charge in [-0.2, -0.15) is 4.31 Å². The van der Waals surface area contributed by atoms with Crippen molar-refractivity contribution in [3.8, 4) is 0 Å². The van der Waals surface area contributed by atoms with E-state index in [1.165, 1.54) is 16.4 Å². The Morgan fingerprint density at radius 3 is 2.07 bits per heavy atom. The van der Waals surface area contributed by atoms with Crippen molar-refractivity contribution in [1.82, 2.24) is 4.31 Å². The Kier molecular flexibility index (Phi) is 5.82. The first-order chi connectivity index (χ1) is 12.9. The smallest absolute Gasteiger partial charge is 0.255 e. The third kappa shape index (κ3) is 4.48. The molecule has 0 atom stereocenters. The molecule has 2 aromatic rings. The van der Waals surface area contributed by atoms with E-state index >= 15 is 0 Å². The molecule has 0 aromatic heterocycles. The summed E-state index contributed by atoms with van der Waals surface area (Å²) >= 11 is 0. The van der Waals surface area contributed by atoms with Gasteiger partial charge in [-0.25, -0.2) is 8.42 Å². The molecule has 1 N–H and O–H groups in total. The number of amides is 1. The lowest BCUT2D eigenvalue weighted by molar-refractivity contribution is 0.102. The first kappa shape index (κ1) is 19.4. The normalized spacial score (nSPS) is 15.3. The number of piperidine rings is 1. The predicted molar refractivity (Wildman–Crippen MR) is 108 cm³/mol. The van der Waals surface area contributed by atoms with Crippen LogP contribution in [0.2, 0.25) is 0 Å². The molecule has 0 radical (unpaired) electrons. The third-order valence-corrected chi connectivity index (χ3v) is 6.62. The number of nitrogens with zero attached hydrogens (tertiary/aromatic N) is 2. The van der Waals surface area contributed by atoms with Gasteiger partial charge in [0.15, 0.2) is 0 Å². The number of sulfonamides is 1. The number of anilines is 2. The molecule has 27 heavy (non-hydrogen) atoms. The Balaban J connectivity index is 1.70. The zero-order valence-electron chi connectivity index (χ0n) is 15.7. The van der Waals surface area contributed by atoms with Crippen LogP contribution >= 0.6 is 0 Å². The first-order valence-corrected chi connectivity index (χ1v) is 10.5. The van der Waals surface area contributed by atoms with Crippen molar-refractivity contribution < 1.29 is 13.2 Å². The number of nitrogens with one attached hydrogen (secondary N) is 1. The first-order valence-electron chi connectivity index (χ1n) is 9.07. The molecule has 1 saturated heterocycles. The van der Waals surface area contributed by atoms with Gasteiger partial charge >= 0.3 is 0 Å². The number of benzene rings is 2. The molecular formula is C20H25N3O3S. The van der Waals surface area contributed by atoms with Crippen molar-refractivity contribution in [2.45, 2.75) is 24.2 Å². The van der Waals surface area contributed by atoms with Crippen molar-refractivity contribution in [2.75, 3.05) is 37.4 Å². The lowest BCUT2D eigenvalue weighted by atomic mass is 10.2. The Morgan fingerprint density at radius 2 is 1.52 bits per heavy atom. The van der Waals surface area contributed by atoms with E-state index in [4.69, 9.17) is 0 Å². The summed E-state index contributed by atoms with van der Waals surface area (Å²) in [4.78, 5) is 14.6. The molecule has 1 heterocycles. The fraction of sp³-hybridized carbons (Fsp3) is 0.350. The zero-order valence-corrected chi connectivity index (χ0v) is 16.5. The van der Waals surface area contributed by atoms with E-state index in [-0.39, 0.29) is 10.8 Å². The highest BCUT2D eigenvalue weighted by Crippen LogP contribution is 2.21. The molecule has 1 fully saturated rings. The number of carbonyl (C=O) groups excluding carboxylic acids is 1. The summed E-state index contributed by atoms with van der Waals surface area (Å²) in [6.07, 6.45) is 2.86. The number of hydrogen-bond donors (Lipinski definition) is 1. The van der Waals surface area contributed by atoms with E-state index in [1.807, 2.05) is 43.3 Å². The largest absolute Gasteiger partial charge is 0.378 e. The van der Waals surface area contributed by atoms with Gasteiger partial charge in [0.25, 0.3) is 5.91 Å². The SMILES string of the molecule is CN(C)c1ccc(NC(=O)c2ccc(S(=O)(=O)N3CCCCC3)cc2)cc1. The summed E-state index contributed by atoms with van der Waals surface area (Å²) in [6, 6.07) is 13.6. The van der Waals surface area contributed by atoms with Gasteiger partial charge in [0.05, 0.1) is 4.90 Å². The molecule has 3 rings (SSSR count). The van der Waals surface area contributed by atoms with Gasteiger partial charge in [-0.1, -0.05) is 6.42 Å². The van der Waals surface area contributed by atoms with Crippen LogP contribution < -0.4 is 10.2 Å². The minimum atomic E-state index is -3.48. The Labute approximate surface area is 160 Å². The van der Waals surface area contributed by atoms with Crippen molar-refractivity contribution in [3.63, 3.8) is 0 Å². The molecule has 6 nitrogen and oxygen atoms in total. The van der Waals surface area contributed by atoms with Gasteiger partial charge in [0, 0.05) is 44.1 Å². The minimum Gasteiger partial charge on any atom is -0.378 e. The average molecular weight is 388 g/mol. The summed E-state index contributed by atoms with van der Waals surface area (Å²) in [7, 11) is 0.424. The second-order valence-electron chi connectivity index (χ2n) is 6.88. The summed E-state index contributed by atoms with van der Waals surface area (Å²) < 4.78 is 26.9. The maximum Gasteiger partial charge on any atom is 0.255 e. The van der Waals surface area contributed by atoms with Crippen LogP contribution in [0.4, 0.5) is 11.4 Å². The van der Waals surface area contributed by atoms with Crippen LogP contribution in [0.25, 0.3) is 0 Å². The van der Waals surface area contributed by atoms with E-state index in [9.17, 15) is 13.2 Å². The minimum absolute atomic E-state index is 0.233. The number of hydrogen-bond acceptors (Lipinski definition) is 4. The number of carbonyl (C=O) groups is 1. The molecule has 1 amide bonds. The molecule has 0 aliphatic carbocycles. The molecular weight excluding hydrogens is 362 g/mol. The Bertz CT molecular complexity index is 885. The quantitative estimate of drug-likeness (QED) is 0.855. The molecule has 0 saturated carbocycles. The summed E-state index contributed by atoms with van der Waals surface area (Å²) in [5.74, 6) is -0.269. The van der Waals surface area contributed by atoms with Crippen LogP contribution in [-0.2, 0) is 10.0 Å². The summed E-state index contributed by atoms with van der Waals surface area (Å²) in [6.45, 7) is 1.13. The Morgan fingerprint density at radius 1 is 0.926 bits per heavy atom. The van der Waals surface area contributed by atoms with Crippen molar-refractivity contribution in [2.24, 2.45) is 0 Å². The molecule has 0 unspecified atom stereocenters. The maximum absolute atomic E-state index is 12.7. The highest BCUT2D eigenvalue weighted by Gasteiger charge is 2.25. The van der Waals surface area contributed by atoms with Crippen LogP contribution in [0.5, 0.6) is 0 Å². The third-order valence-electron chi connectivity index (χ3n) is 4.71. The monoisotopic (exact) mass is 387 g/mol. The molecule has 0 spiro atoms. The zero-order chi connectivity index (χ0) is 19.4. The van der Waals surface area contributed by atoms with E-state index in [2.05, 4.69) is 5.32 Å². The topological polar surface area (TPSA) is 69.7 Å². The van der Waals surface area contributed by atoms with Crippen LogP contribution in [0, 0.1) is 0 Å². The van der Waals surface area contributed by atoms with Crippen molar-refractivity contribution in [3.05, 3.63) is 54.1 Å². The molecule has 1 aliphatic rings. The van der Waals surface area contributed by atoms with E-state index in [0.29, 0.717) is 24.3 Å². The summed E-state index contributed by atoms with van der Waals surface area (Å²) in [5, 5.41) is 2.83. The predicted octanol–water partition coefficient (Wildman–Crippen LogP) is 3.18. The highest BCUT2D eigenvalue weighted by molar-refractivity contribution is 7.89. The van der Waals surface area contributed by atoms with Crippen LogP contribution in [0.15, 0.2) is 53.4 Å². The van der Waals surface area contributed by atoms with Gasteiger partial charge in [-0.3, -0.25) is 4.79 Å². The van der Waals surface area contributed by atoms with Gasteiger partial charge < -0.3 is 10.2 Å². The Hall–Kier alpha value is -2.38. The van der Waals surface area contributed by atoms with Gasteiger partial charge in [0.2, 0.25) is 10.0 Å². The lowest BCUT2D eigenvalue weighted by Gasteiger charge is -2.25. The number of rotatable bonds is 5. The van der Waals surface area contributed by atoms with Crippen molar-refractivity contribution >= 4 is 27.3 Å². The van der Waals surface area contributed by atoms with Crippen LogP contribution in [0.3, 0.4) is 0 Å². The maximum atomic E-state index is 12.7. The van der Waals surface area contributed by atoms with Crippen LogP contribution in [-0.4, -0.2) is 45.8 Å². The van der Waals surface area contributed by atoms with E-state index in [0.717, 1.165) is 24.9 Å². The van der Waals surface area contributed by atoms with E-state index < -0.39 is 10.0 Å². The van der Waals surface area contributed by atoms with Crippen LogP contribution in [0.1, 0.15) is 29.6 Å². The second kappa shape index (κ2) is 8.10. The molecule has 2 aromatic carbocycles. The van der Waals surface area contributed by atoms with Gasteiger partial charge in [-0.05, 0) is 61.4 Å². The van der Waals surface area contributed by atoms with Gasteiger partial charge in [-0.15, -0.1) is 0 Å². The molecule has 7 heteroatoms. The lowest BCUT2D eigenvalue weighted by Crippen LogP contribution is -2.35. The summed E-state index contributed by atoms with van der Waals surface area (Å²) in [5.41, 5.74) is 2.15. The van der Waals surface area contributed by atoms with Gasteiger partial charge in [0.1, 0.15) is 0 Å². The second-order valence-corrected chi connectivity index (χ2v) is 8.82.